The highest BCUT2D eigenvalue weighted by atomic mass is 32.2. The number of rotatable bonds is 5. The van der Waals surface area contributed by atoms with Gasteiger partial charge in [-0.15, -0.1) is 0 Å². The largest absolute Gasteiger partial charge is 0.493 e. The first-order chi connectivity index (χ1) is 15.9. The fraction of sp³-hybridized carbons (Fsp3) is 0.481. The number of methoxy groups -OCH3 is 1. The van der Waals surface area contributed by atoms with Gasteiger partial charge < -0.3 is 14.6 Å². The van der Waals surface area contributed by atoms with Crippen molar-refractivity contribution < 1.29 is 24.1 Å². The van der Waals surface area contributed by atoms with Crippen LogP contribution in [0, 0.1) is 6.92 Å². The van der Waals surface area contributed by atoms with E-state index in [1.165, 1.54) is 24.4 Å². The van der Waals surface area contributed by atoms with E-state index in [0.29, 0.717) is 0 Å². The van der Waals surface area contributed by atoms with Crippen molar-refractivity contribution >= 4 is 17.7 Å². The molecule has 3 N–H and O–H groups in total. The van der Waals surface area contributed by atoms with E-state index >= 15 is 0 Å². The van der Waals surface area contributed by atoms with E-state index in [1.54, 1.807) is 25.4 Å². The van der Waals surface area contributed by atoms with Gasteiger partial charge in [0.1, 0.15) is 5.75 Å². The van der Waals surface area contributed by atoms with Crippen LogP contribution in [0.2, 0.25) is 0 Å². The molecule has 0 atom stereocenters. The van der Waals surface area contributed by atoms with E-state index in [-0.39, 0.29) is 12.4 Å². The second-order valence-electron chi connectivity index (χ2n) is 8.88. The van der Waals surface area contributed by atoms with Gasteiger partial charge in [-0.2, -0.15) is 0 Å². The number of hydrogen-bond donors (Lipinski definition) is 2. The minimum Gasteiger partial charge on any atom is -0.493 e. The van der Waals surface area contributed by atoms with E-state index in [4.69, 9.17) is 20.4 Å². The number of nitrogen functional groups attached to an aromatic ring is 1. The third kappa shape index (κ3) is 9.03. The number of allylic oxidation sites excluding steroid dienone is 1. The highest BCUT2D eigenvalue weighted by molar-refractivity contribution is 8.02. The molecular weight excluding hydrogens is 448 g/mol. The molecule has 0 fully saturated rings. The molecule has 0 radical (unpaired) electrons. The van der Waals surface area contributed by atoms with E-state index < -0.39 is 5.60 Å². The summed E-state index contributed by atoms with van der Waals surface area (Å²) in [6, 6.07) is 6.22. The quantitative estimate of drug-likeness (QED) is 0.262. The summed E-state index contributed by atoms with van der Waals surface area (Å²) >= 11 is 1.46. The van der Waals surface area contributed by atoms with Crippen LogP contribution < -0.4 is 15.3 Å². The maximum absolute atomic E-state index is 12.1. The Hall–Kier alpha value is -2.51. The number of hydrogen-bond acceptors (Lipinski definition) is 6. The van der Waals surface area contributed by atoms with Gasteiger partial charge in [-0.05, 0) is 87.4 Å². The molecule has 34 heavy (non-hydrogen) atoms. The summed E-state index contributed by atoms with van der Waals surface area (Å²) in [7, 11) is 1.40. The molecule has 0 saturated carbocycles. The first-order valence-electron chi connectivity index (χ1n) is 11.6. The van der Waals surface area contributed by atoms with Gasteiger partial charge in [-0.3, -0.25) is 4.79 Å². The van der Waals surface area contributed by atoms with E-state index in [0.717, 1.165) is 57.4 Å². The number of aliphatic hydroxyl groups is 1. The van der Waals surface area contributed by atoms with Crippen molar-refractivity contribution in [2.24, 2.45) is 0 Å². The Labute approximate surface area is 209 Å². The molecule has 7 heteroatoms. The molecular formula is C27H41N2O4S+. The van der Waals surface area contributed by atoms with Crippen LogP contribution in [0.4, 0.5) is 0 Å². The van der Waals surface area contributed by atoms with Gasteiger partial charge in [0.25, 0.3) is 5.03 Å². The molecule has 1 aliphatic heterocycles. The number of thioether (sulfide) groups is 1. The lowest BCUT2D eigenvalue weighted by Gasteiger charge is -2.19. The van der Waals surface area contributed by atoms with Gasteiger partial charge in [-0.1, -0.05) is 31.2 Å². The summed E-state index contributed by atoms with van der Waals surface area (Å²) in [6.07, 6.45) is 4.04. The second kappa shape index (κ2) is 13.4. The Morgan fingerprint density at radius 3 is 2.50 bits per heavy atom. The van der Waals surface area contributed by atoms with Gasteiger partial charge in [0, 0.05) is 11.1 Å². The number of pyridine rings is 1. The fourth-order valence-electron chi connectivity index (χ4n) is 3.41. The molecule has 0 bridgehead atoms. The molecule has 0 saturated heterocycles. The number of nitrogens with two attached hydrogens (primary N) is 1. The Morgan fingerprint density at radius 1 is 1.32 bits per heavy atom. The van der Waals surface area contributed by atoms with Gasteiger partial charge >= 0.3 is 5.97 Å². The normalized spacial score (nSPS) is 12.1. The lowest BCUT2D eigenvalue weighted by atomic mass is 9.93. The third-order valence-corrected chi connectivity index (χ3v) is 5.54. The van der Waals surface area contributed by atoms with Crippen molar-refractivity contribution in [1.29, 1.82) is 0 Å². The summed E-state index contributed by atoms with van der Waals surface area (Å²) < 4.78 is 12.2. The zero-order valence-electron chi connectivity index (χ0n) is 21.9. The van der Waals surface area contributed by atoms with Crippen LogP contribution in [-0.4, -0.2) is 30.4 Å². The molecule has 1 aliphatic rings. The Kier molecular flexibility index (Phi) is 11.6. The molecule has 0 aliphatic carbocycles. The van der Waals surface area contributed by atoms with Gasteiger partial charge in [0.15, 0.2) is 0 Å². The van der Waals surface area contributed by atoms with E-state index in [1.807, 2.05) is 46.0 Å². The van der Waals surface area contributed by atoms with Crippen LogP contribution in [0.15, 0.2) is 40.9 Å². The number of aryl methyl sites for hydroxylation is 2. The molecule has 0 unspecified atom stereocenters. The predicted octanol–water partition coefficient (Wildman–Crippen LogP) is 5.13. The summed E-state index contributed by atoms with van der Waals surface area (Å²) in [5, 5.41) is 9.31. The zero-order chi connectivity index (χ0) is 26.1. The summed E-state index contributed by atoms with van der Waals surface area (Å²) in [4.78, 5) is 13.0. The van der Waals surface area contributed by atoms with E-state index in [2.05, 4.69) is 12.6 Å². The second-order valence-corrected chi connectivity index (χ2v) is 10.2. The number of nitrogens with zero attached hydrogens (tertiary/aromatic N) is 1. The fourth-order valence-corrected chi connectivity index (χ4v) is 4.20. The van der Waals surface area contributed by atoms with Gasteiger partial charge in [-0.25, -0.2) is 5.84 Å². The predicted molar refractivity (Wildman–Crippen MR) is 140 cm³/mol. The number of esters is 1. The standard InChI is InChI=1S/C21H25N2O3S.C4H10O.C2H6/c1-13(2)27-21-17(11-19(24)25-4)20(14(3)12-23(21)22)16-7-8-18-15(10-16)6-5-9-26-18;1-4(2,3)5;1-2/h7-8,10,12H,1,5-6,9,11,22H2,2-4H3;5H,1-3H3;1-2H3/q+1;;. The highest BCUT2D eigenvalue weighted by Gasteiger charge is 2.26. The molecule has 0 spiro atoms. The number of carbonyl (C=O) groups is 1. The number of benzene rings is 1. The first-order valence-corrected chi connectivity index (χ1v) is 12.4. The zero-order valence-corrected chi connectivity index (χ0v) is 22.8. The minimum atomic E-state index is -0.500. The van der Waals surface area contributed by atoms with Crippen LogP contribution in [0.5, 0.6) is 5.75 Å². The molecule has 2 heterocycles. The lowest BCUT2D eigenvalue weighted by molar-refractivity contribution is -0.678. The molecule has 3 rings (SSSR count). The Balaban J connectivity index is 0.000000733. The van der Waals surface area contributed by atoms with Crippen molar-refractivity contribution in [1.82, 2.24) is 0 Å². The summed E-state index contributed by atoms with van der Waals surface area (Å²) in [5.41, 5.74) is 4.62. The van der Waals surface area contributed by atoms with Crippen molar-refractivity contribution in [2.45, 2.75) is 78.4 Å². The molecule has 1 aromatic carbocycles. The minimum absolute atomic E-state index is 0.147. The first kappa shape index (κ1) is 29.5. The van der Waals surface area contributed by atoms with Crippen LogP contribution in [0.25, 0.3) is 11.1 Å². The average molecular weight is 490 g/mol. The Bertz CT molecular complexity index is 991. The highest BCUT2D eigenvalue weighted by Crippen LogP contribution is 2.37. The Morgan fingerprint density at radius 2 is 1.94 bits per heavy atom. The van der Waals surface area contributed by atoms with Crippen LogP contribution in [0.1, 0.15) is 64.7 Å². The molecule has 6 nitrogen and oxygen atoms in total. The van der Waals surface area contributed by atoms with Crippen molar-refractivity contribution in [2.75, 3.05) is 19.6 Å². The number of ether oxygens (including phenoxy) is 2. The smallest absolute Gasteiger partial charge is 0.310 e. The van der Waals surface area contributed by atoms with Gasteiger partial charge in [0.05, 0.1) is 31.3 Å². The van der Waals surface area contributed by atoms with Crippen LogP contribution in [-0.2, 0) is 22.4 Å². The average Bonchev–Trinajstić information content (AvgIpc) is 2.76. The van der Waals surface area contributed by atoms with E-state index in [9.17, 15) is 4.79 Å². The van der Waals surface area contributed by atoms with Gasteiger partial charge in [0.2, 0.25) is 6.20 Å². The molecule has 2 aromatic rings. The maximum atomic E-state index is 12.1. The number of fused-ring (bicyclic) bond motifs is 1. The summed E-state index contributed by atoms with van der Waals surface area (Å²) in [6.45, 7) is 17.9. The SMILES string of the molecule is C=C(C)Sc1c(CC(=O)OC)c(-c2ccc3c(c2)CCCO3)c(C)c[n+]1N.CC.CC(C)(C)O. The topological polar surface area (TPSA) is 85.7 Å². The van der Waals surface area contributed by atoms with Crippen molar-refractivity contribution in [3.8, 4) is 16.9 Å². The number of carbonyl (C=O) groups excluding carboxylic acids is 1. The lowest BCUT2D eigenvalue weighted by Crippen LogP contribution is -2.47. The third-order valence-electron chi connectivity index (χ3n) is 4.54. The summed E-state index contributed by atoms with van der Waals surface area (Å²) in [5.74, 6) is 6.87. The maximum Gasteiger partial charge on any atom is 0.310 e. The molecule has 0 amide bonds. The number of aromatic nitrogens is 1. The van der Waals surface area contributed by atoms with Crippen molar-refractivity contribution in [3.63, 3.8) is 0 Å². The van der Waals surface area contributed by atoms with Crippen molar-refractivity contribution in [3.05, 3.63) is 52.6 Å². The van der Waals surface area contributed by atoms with Crippen LogP contribution in [0.3, 0.4) is 0 Å². The molecule has 1 aromatic heterocycles. The molecule has 188 valence electrons. The monoisotopic (exact) mass is 489 g/mol. The van der Waals surface area contributed by atoms with Crippen LogP contribution >= 0.6 is 11.8 Å².